The van der Waals surface area contributed by atoms with Crippen LogP contribution >= 0.6 is 11.6 Å². The molecule has 1 aliphatic rings. The number of aromatic nitrogens is 2. The van der Waals surface area contributed by atoms with Crippen LogP contribution in [0.25, 0.3) is 5.69 Å². The molecule has 2 aromatic carbocycles. The van der Waals surface area contributed by atoms with Crippen molar-refractivity contribution in [3.8, 4) is 23.1 Å². The number of nitrogens with zero attached hydrogens (tertiary/aromatic N) is 3. The molecular weight excluding hydrogens is 426 g/mol. The molecule has 1 atom stereocenters. The summed E-state index contributed by atoms with van der Waals surface area (Å²) in [6.45, 7) is 6.06. The molecule has 1 unspecified atom stereocenters. The van der Waals surface area contributed by atoms with E-state index < -0.39 is 6.10 Å². The Morgan fingerprint density at radius 1 is 1.19 bits per heavy atom. The minimum Gasteiger partial charge on any atom is -0.497 e. The van der Waals surface area contributed by atoms with Gasteiger partial charge in [-0.15, -0.1) is 0 Å². The molecule has 1 aromatic heterocycles. The van der Waals surface area contributed by atoms with Crippen LogP contribution in [0, 0.1) is 12.8 Å². The van der Waals surface area contributed by atoms with E-state index in [1.165, 1.54) is 12.8 Å². The first kappa shape index (κ1) is 22.6. The van der Waals surface area contributed by atoms with Crippen LogP contribution in [0.4, 0.5) is 0 Å². The molecule has 6 nitrogen and oxygen atoms in total. The van der Waals surface area contributed by atoms with E-state index in [4.69, 9.17) is 26.2 Å². The summed E-state index contributed by atoms with van der Waals surface area (Å²) in [5, 5.41) is 15.5. The molecule has 0 amide bonds. The van der Waals surface area contributed by atoms with Crippen molar-refractivity contribution in [2.24, 2.45) is 5.92 Å². The van der Waals surface area contributed by atoms with E-state index in [1.807, 2.05) is 62.4 Å². The number of hydrogen-bond acceptors (Lipinski definition) is 5. The van der Waals surface area contributed by atoms with E-state index >= 15 is 0 Å². The third-order valence-corrected chi connectivity index (χ3v) is 5.82. The van der Waals surface area contributed by atoms with E-state index in [-0.39, 0.29) is 0 Å². The summed E-state index contributed by atoms with van der Waals surface area (Å²) < 4.78 is 13.5. The number of methoxy groups -OCH3 is 1. The largest absolute Gasteiger partial charge is 0.497 e. The summed E-state index contributed by atoms with van der Waals surface area (Å²) in [6, 6.07) is 15.1. The second-order valence-electron chi connectivity index (χ2n) is 8.52. The fraction of sp³-hybridized carbons (Fsp3) is 0.400. The SMILES string of the molecule is COc1ccc(Oc2c(CN(CC(C)O)CC3CC3)c(C)nn2-c2cccc(Cl)c2)cc1. The maximum atomic E-state index is 10.1. The zero-order chi connectivity index (χ0) is 22.7. The number of rotatable bonds is 10. The molecule has 7 heteroatoms. The molecule has 1 aliphatic carbocycles. The van der Waals surface area contributed by atoms with E-state index in [1.54, 1.807) is 11.8 Å². The van der Waals surface area contributed by atoms with Crippen molar-refractivity contribution in [1.82, 2.24) is 14.7 Å². The van der Waals surface area contributed by atoms with Gasteiger partial charge in [0, 0.05) is 24.7 Å². The first-order valence-electron chi connectivity index (χ1n) is 11.0. The van der Waals surface area contributed by atoms with Crippen LogP contribution in [0.1, 0.15) is 31.0 Å². The summed E-state index contributed by atoms with van der Waals surface area (Å²) >= 11 is 6.26. The van der Waals surface area contributed by atoms with Crippen LogP contribution < -0.4 is 9.47 Å². The Labute approximate surface area is 194 Å². The lowest BCUT2D eigenvalue weighted by Crippen LogP contribution is -2.32. The Balaban J connectivity index is 1.71. The topological polar surface area (TPSA) is 59.8 Å². The average molecular weight is 456 g/mol. The van der Waals surface area contributed by atoms with Gasteiger partial charge in [-0.2, -0.15) is 5.10 Å². The van der Waals surface area contributed by atoms with E-state index in [0.29, 0.717) is 35.7 Å². The van der Waals surface area contributed by atoms with Gasteiger partial charge in [-0.25, -0.2) is 4.68 Å². The lowest BCUT2D eigenvalue weighted by Gasteiger charge is -2.24. The van der Waals surface area contributed by atoms with Crippen LogP contribution in [-0.2, 0) is 6.54 Å². The maximum absolute atomic E-state index is 10.1. The molecule has 0 radical (unpaired) electrons. The van der Waals surface area contributed by atoms with Gasteiger partial charge in [0.25, 0.3) is 0 Å². The Morgan fingerprint density at radius 3 is 2.53 bits per heavy atom. The van der Waals surface area contributed by atoms with Crippen molar-refractivity contribution in [1.29, 1.82) is 0 Å². The predicted molar refractivity (Wildman–Crippen MR) is 126 cm³/mol. The Hall–Kier alpha value is -2.54. The number of aliphatic hydroxyl groups excluding tert-OH is 1. The molecule has 1 saturated carbocycles. The monoisotopic (exact) mass is 455 g/mol. The second-order valence-corrected chi connectivity index (χ2v) is 8.96. The quantitative estimate of drug-likeness (QED) is 0.453. The number of aliphatic hydroxyl groups is 1. The highest BCUT2D eigenvalue weighted by Crippen LogP contribution is 2.35. The first-order chi connectivity index (χ1) is 15.4. The molecular formula is C25H30ClN3O3. The molecule has 1 heterocycles. The highest BCUT2D eigenvalue weighted by atomic mass is 35.5. The Bertz CT molecular complexity index is 1040. The van der Waals surface area contributed by atoms with Gasteiger partial charge < -0.3 is 14.6 Å². The van der Waals surface area contributed by atoms with E-state index in [0.717, 1.165) is 29.2 Å². The van der Waals surface area contributed by atoms with Crippen molar-refractivity contribution >= 4 is 11.6 Å². The van der Waals surface area contributed by atoms with Gasteiger partial charge in [-0.1, -0.05) is 17.7 Å². The zero-order valence-electron chi connectivity index (χ0n) is 18.8. The van der Waals surface area contributed by atoms with Gasteiger partial charge in [0.05, 0.1) is 30.2 Å². The van der Waals surface area contributed by atoms with E-state index in [2.05, 4.69) is 4.90 Å². The number of hydrogen-bond donors (Lipinski definition) is 1. The van der Waals surface area contributed by atoms with Gasteiger partial charge in [-0.3, -0.25) is 4.90 Å². The fourth-order valence-corrected chi connectivity index (χ4v) is 4.01. The molecule has 0 bridgehead atoms. The van der Waals surface area contributed by atoms with Crippen molar-refractivity contribution in [3.05, 3.63) is 64.8 Å². The van der Waals surface area contributed by atoms with Gasteiger partial charge in [0.1, 0.15) is 11.5 Å². The summed E-state index contributed by atoms with van der Waals surface area (Å²) in [5.41, 5.74) is 2.72. The number of benzene rings is 2. The van der Waals surface area contributed by atoms with Crippen LogP contribution in [-0.4, -0.2) is 46.1 Å². The molecule has 0 aliphatic heterocycles. The van der Waals surface area contributed by atoms with Gasteiger partial charge in [0.2, 0.25) is 5.88 Å². The number of halogens is 1. The van der Waals surface area contributed by atoms with Crippen molar-refractivity contribution in [2.75, 3.05) is 20.2 Å². The van der Waals surface area contributed by atoms with Crippen molar-refractivity contribution in [3.63, 3.8) is 0 Å². The second kappa shape index (κ2) is 9.94. The average Bonchev–Trinajstić information content (AvgIpc) is 3.53. The van der Waals surface area contributed by atoms with Gasteiger partial charge in [0.15, 0.2) is 0 Å². The number of aryl methyl sites for hydroxylation is 1. The zero-order valence-corrected chi connectivity index (χ0v) is 19.5. The lowest BCUT2D eigenvalue weighted by molar-refractivity contribution is 0.118. The molecule has 0 saturated heterocycles. The Kier molecular flexibility index (Phi) is 7.04. The van der Waals surface area contributed by atoms with Crippen LogP contribution in [0.15, 0.2) is 48.5 Å². The molecule has 3 aromatic rings. The maximum Gasteiger partial charge on any atom is 0.227 e. The predicted octanol–water partition coefficient (Wildman–Crippen LogP) is 5.23. The third kappa shape index (κ3) is 5.63. The Morgan fingerprint density at radius 2 is 1.91 bits per heavy atom. The fourth-order valence-electron chi connectivity index (χ4n) is 3.83. The first-order valence-corrected chi connectivity index (χ1v) is 11.4. The minimum absolute atomic E-state index is 0.400. The normalized spacial score (nSPS) is 14.6. The highest BCUT2D eigenvalue weighted by molar-refractivity contribution is 6.30. The van der Waals surface area contributed by atoms with Crippen LogP contribution in [0.5, 0.6) is 17.4 Å². The number of ether oxygens (including phenoxy) is 2. The molecule has 0 spiro atoms. The molecule has 170 valence electrons. The smallest absolute Gasteiger partial charge is 0.227 e. The standard InChI is InChI=1S/C25H30ClN3O3/c1-17(30)14-28(15-19-7-8-19)16-24-18(2)27-29(21-6-4-5-20(26)13-21)25(24)32-23-11-9-22(31-3)10-12-23/h4-6,9-13,17,19,30H,7-8,14-16H2,1-3H3. The molecule has 32 heavy (non-hydrogen) atoms. The van der Waals surface area contributed by atoms with E-state index in [9.17, 15) is 5.11 Å². The molecule has 4 rings (SSSR count). The summed E-state index contributed by atoms with van der Waals surface area (Å²) in [4.78, 5) is 2.30. The summed E-state index contributed by atoms with van der Waals surface area (Å²) in [7, 11) is 1.64. The van der Waals surface area contributed by atoms with Crippen LogP contribution in [0.2, 0.25) is 5.02 Å². The lowest BCUT2D eigenvalue weighted by atomic mass is 10.2. The summed E-state index contributed by atoms with van der Waals surface area (Å²) in [5.74, 6) is 2.83. The van der Waals surface area contributed by atoms with Crippen LogP contribution in [0.3, 0.4) is 0 Å². The third-order valence-electron chi connectivity index (χ3n) is 5.58. The minimum atomic E-state index is -0.400. The van der Waals surface area contributed by atoms with Crippen molar-refractivity contribution < 1.29 is 14.6 Å². The van der Waals surface area contributed by atoms with Gasteiger partial charge >= 0.3 is 0 Å². The van der Waals surface area contributed by atoms with Gasteiger partial charge in [-0.05, 0) is 75.1 Å². The highest BCUT2D eigenvalue weighted by Gasteiger charge is 2.27. The summed E-state index contributed by atoms with van der Waals surface area (Å²) in [6.07, 6.45) is 2.11. The van der Waals surface area contributed by atoms with Crippen molar-refractivity contribution in [2.45, 2.75) is 39.3 Å². The molecule has 1 N–H and O–H groups in total. The molecule has 1 fully saturated rings.